The molecule has 0 fully saturated rings. The van der Waals surface area contributed by atoms with Crippen molar-refractivity contribution < 1.29 is 24.2 Å². The van der Waals surface area contributed by atoms with Crippen molar-refractivity contribution in [3.63, 3.8) is 0 Å². The van der Waals surface area contributed by atoms with Gasteiger partial charge in [0.05, 0.1) is 13.7 Å². The Morgan fingerprint density at radius 3 is 2.30 bits per heavy atom. The number of benzene rings is 1. The van der Waals surface area contributed by atoms with Crippen molar-refractivity contribution in [1.82, 2.24) is 16.2 Å². The molecule has 1 aromatic carbocycles. The fourth-order valence-corrected chi connectivity index (χ4v) is 1.23. The van der Waals surface area contributed by atoms with Crippen LogP contribution >= 0.6 is 0 Å². The predicted molar refractivity (Wildman–Crippen MR) is 68.7 cm³/mol. The molecule has 1 rings (SSSR count). The van der Waals surface area contributed by atoms with Gasteiger partial charge in [-0.1, -0.05) is 0 Å². The van der Waals surface area contributed by atoms with E-state index in [0.717, 1.165) is 0 Å². The molecule has 0 aliphatic rings. The number of rotatable bonds is 4. The van der Waals surface area contributed by atoms with E-state index in [4.69, 9.17) is 9.84 Å². The van der Waals surface area contributed by atoms with E-state index >= 15 is 0 Å². The number of methoxy groups -OCH3 is 1. The van der Waals surface area contributed by atoms with Crippen LogP contribution in [0.1, 0.15) is 10.4 Å². The third kappa shape index (κ3) is 4.58. The summed E-state index contributed by atoms with van der Waals surface area (Å²) < 4.78 is 4.94. The number of hydrogen-bond donors (Lipinski definition) is 4. The van der Waals surface area contributed by atoms with Gasteiger partial charge in [-0.25, -0.2) is 0 Å². The second-order valence-corrected chi connectivity index (χ2v) is 3.62. The number of aliphatic hydroxyl groups excluding tert-OH is 1. The largest absolute Gasteiger partial charge is 0.497 e. The third-order valence-corrected chi connectivity index (χ3v) is 2.25. The van der Waals surface area contributed by atoms with Gasteiger partial charge in [0.2, 0.25) is 0 Å². The first-order valence-electron chi connectivity index (χ1n) is 5.72. The monoisotopic (exact) mass is 281 g/mol. The molecule has 8 nitrogen and oxygen atoms in total. The summed E-state index contributed by atoms with van der Waals surface area (Å²) in [6, 6.07) is 6.19. The van der Waals surface area contributed by atoms with Gasteiger partial charge >= 0.3 is 11.8 Å². The van der Waals surface area contributed by atoms with Crippen LogP contribution in [0.3, 0.4) is 0 Å². The molecule has 0 saturated carbocycles. The average Bonchev–Trinajstić information content (AvgIpc) is 2.49. The highest BCUT2D eigenvalue weighted by molar-refractivity contribution is 6.35. The van der Waals surface area contributed by atoms with Crippen molar-refractivity contribution in [2.75, 3.05) is 20.3 Å². The molecule has 108 valence electrons. The number of nitrogens with one attached hydrogen (secondary N) is 3. The number of amides is 3. The third-order valence-electron chi connectivity index (χ3n) is 2.25. The fraction of sp³-hybridized carbons (Fsp3) is 0.250. The molecule has 0 aromatic heterocycles. The van der Waals surface area contributed by atoms with Crippen LogP contribution in [-0.4, -0.2) is 43.1 Å². The minimum atomic E-state index is -1.03. The Morgan fingerprint density at radius 1 is 1.10 bits per heavy atom. The molecule has 8 heteroatoms. The van der Waals surface area contributed by atoms with Crippen LogP contribution < -0.4 is 20.9 Å². The highest BCUT2D eigenvalue weighted by atomic mass is 16.5. The molecular weight excluding hydrogens is 266 g/mol. The van der Waals surface area contributed by atoms with Crippen LogP contribution in [0.4, 0.5) is 0 Å². The first-order valence-corrected chi connectivity index (χ1v) is 5.72. The zero-order valence-corrected chi connectivity index (χ0v) is 10.8. The predicted octanol–water partition coefficient (Wildman–Crippen LogP) is -1.44. The molecule has 0 aliphatic carbocycles. The summed E-state index contributed by atoms with van der Waals surface area (Å²) >= 11 is 0. The molecule has 0 aliphatic heterocycles. The van der Waals surface area contributed by atoms with Crippen LogP contribution in [0.25, 0.3) is 0 Å². The Bertz CT molecular complexity index is 486. The van der Waals surface area contributed by atoms with Gasteiger partial charge in [0.15, 0.2) is 0 Å². The van der Waals surface area contributed by atoms with Crippen LogP contribution in [0.15, 0.2) is 24.3 Å². The fourth-order valence-electron chi connectivity index (χ4n) is 1.23. The quantitative estimate of drug-likeness (QED) is 0.398. The summed E-state index contributed by atoms with van der Waals surface area (Å²) in [4.78, 5) is 34.0. The van der Waals surface area contributed by atoms with Gasteiger partial charge < -0.3 is 15.2 Å². The lowest BCUT2D eigenvalue weighted by atomic mass is 10.2. The SMILES string of the molecule is COc1ccc(C(=O)NNC(=O)C(=O)NCCO)cc1. The van der Waals surface area contributed by atoms with Crippen molar-refractivity contribution >= 4 is 17.7 Å². The smallest absolute Gasteiger partial charge is 0.327 e. The zero-order valence-electron chi connectivity index (χ0n) is 10.8. The summed E-state index contributed by atoms with van der Waals surface area (Å²) in [7, 11) is 1.50. The van der Waals surface area contributed by atoms with Gasteiger partial charge in [0, 0.05) is 12.1 Å². The molecule has 0 heterocycles. The van der Waals surface area contributed by atoms with Crippen LogP contribution in [-0.2, 0) is 9.59 Å². The highest BCUT2D eigenvalue weighted by Gasteiger charge is 2.14. The molecule has 0 atom stereocenters. The van der Waals surface area contributed by atoms with E-state index in [1.807, 2.05) is 5.43 Å². The second-order valence-electron chi connectivity index (χ2n) is 3.62. The van der Waals surface area contributed by atoms with Gasteiger partial charge in [-0.15, -0.1) is 0 Å². The number of carbonyl (C=O) groups excluding carboxylic acids is 3. The van der Waals surface area contributed by atoms with E-state index in [-0.39, 0.29) is 13.2 Å². The van der Waals surface area contributed by atoms with Gasteiger partial charge in [-0.2, -0.15) is 0 Å². The molecule has 0 radical (unpaired) electrons. The van der Waals surface area contributed by atoms with Crippen molar-refractivity contribution in [2.45, 2.75) is 0 Å². The molecule has 0 unspecified atom stereocenters. The number of carbonyl (C=O) groups is 3. The molecule has 20 heavy (non-hydrogen) atoms. The molecule has 0 saturated heterocycles. The highest BCUT2D eigenvalue weighted by Crippen LogP contribution is 2.10. The Balaban J connectivity index is 2.46. The van der Waals surface area contributed by atoms with Gasteiger partial charge in [-0.05, 0) is 24.3 Å². The van der Waals surface area contributed by atoms with E-state index in [1.165, 1.54) is 19.2 Å². The maximum Gasteiger partial charge on any atom is 0.327 e. The van der Waals surface area contributed by atoms with Crippen molar-refractivity contribution in [3.8, 4) is 5.75 Å². The van der Waals surface area contributed by atoms with Gasteiger partial charge in [0.25, 0.3) is 5.91 Å². The second kappa shape index (κ2) is 7.74. The van der Waals surface area contributed by atoms with Crippen molar-refractivity contribution in [3.05, 3.63) is 29.8 Å². The van der Waals surface area contributed by atoms with E-state index in [1.54, 1.807) is 12.1 Å². The van der Waals surface area contributed by atoms with Crippen LogP contribution in [0.2, 0.25) is 0 Å². The van der Waals surface area contributed by atoms with Gasteiger partial charge in [0.1, 0.15) is 5.75 Å². The zero-order chi connectivity index (χ0) is 15.0. The maximum atomic E-state index is 11.6. The van der Waals surface area contributed by atoms with E-state index in [9.17, 15) is 14.4 Å². The average molecular weight is 281 g/mol. The lowest BCUT2D eigenvalue weighted by Gasteiger charge is -2.07. The Kier molecular flexibility index (Phi) is 5.98. The van der Waals surface area contributed by atoms with Crippen molar-refractivity contribution in [2.24, 2.45) is 0 Å². The lowest BCUT2D eigenvalue weighted by Crippen LogP contribution is -2.48. The summed E-state index contributed by atoms with van der Waals surface area (Å²) in [6.07, 6.45) is 0. The molecular formula is C12H15N3O5. The van der Waals surface area contributed by atoms with E-state index in [2.05, 4.69) is 10.7 Å². The molecule has 4 N–H and O–H groups in total. The molecule has 0 spiro atoms. The summed E-state index contributed by atoms with van der Waals surface area (Å²) in [5.41, 5.74) is 4.34. The Labute approximate surface area is 115 Å². The summed E-state index contributed by atoms with van der Waals surface area (Å²) in [5, 5.41) is 10.6. The molecule has 3 amide bonds. The first-order chi connectivity index (χ1) is 9.58. The van der Waals surface area contributed by atoms with Crippen LogP contribution in [0, 0.1) is 0 Å². The normalized spacial score (nSPS) is 9.50. The Morgan fingerprint density at radius 2 is 1.75 bits per heavy atom. The van der Waals surface area contributed by atoms with Crippen LogP contribution in [0.5, 0.6) is 5.75 Å². The van der Waals surface area contributed by atoms with Crippen molar-refractivity contribution in [1.29, 1.82) is 0 Å². The first kappa shape index (κ1) is 15.4. The lowest BCUT2D eigenvalue weighted by molar-refractivity contribution is -0.139. The maximum absolute atomic E-state index is 11.6. The molecule has 1 aromatic rings. The topological polar surface area (TPSA) is 117 Å². The minimum Gasteiger partial charge on any atom is -0.497 e. The summed E-state index contributed by atoms with van der Waals surface area (Å²) in [5.74, 6) is -1.96. The van der Waals surface area contributed by atoms with Gasteiger partial charge in [-0.3, -0.25) is 25.2 Å². The number of ether oxygens (including phenoxy) is 1. The minimum absolute atomic E-state index is 0.0430. The standard InChI is InChI=1S/C12H15N3O5/c1-20-9-4-2-8(3-5-9)10(17)14-15-12(19)11(18)13-6-7-16/h2-5,16H,6-7H2,1H3,(H,13,18)(H,14,17)(H,15,19). The number of hydrazine groups is 1. The Hall–Kier alpha value is -2.61. The van der Waals surface area contributed by atoms with E-state index < -0.39 is 17.7 Å². The van der Waals surface area contributed by atoms with E-state index in [0.29, 0.717) is 11.3 Å². The summed E-state index contributed by atoms with van der Waals surface area (Å²) in [6.45, 7) is -0.324. The number of aliphatic hydroxyl groups is 1. The number of hydrogen-bond acceptors (Lipinski definition) is 5. The molecule has 0 bridgehead atoms.